The standard InChI is InChI=1S/C23H28N2O4S/c26-20(17-13-8-9-14(12-13)18(17)23(28)29)24-21-19(15-6-2-3-7-16(15)30-21)22(27)25-10-4-1-5-11-25/h8-9,13-14,17-18H,1-7,10-12H2,(H,24,26)(H,28,29)/t13-,14-,17-,18-/m0/s1. The minimum atomic E-state index is -0.901. The van der Waals surface area contributed by atoms with Crippen LogP contribution in [0.5, 0.6) is 0 Å². The van der Waals surface area contributed by atoms with E-state index in [0.717, 1.165) is 70.0 Å². The van der Waals surface area contributed by atoms with Crippen molar-refractivity contribution in [1.29, 1.82) is 0 Å². The van der Waals surface area contributed by atoms with Crippen LogP contribution in [-0.4, -0.2) is 40.9 Å². The molecule has 0 unspecified atom stereocenters. The number of allylic oxidation sites excluding steroid dienone is 2. The average molecular weight is 429 g/mol. The molecule has 2 bridgehead atoms. The Morgan fingerprint density at radius 2 is 1.67 bits per heavy atom. The number of aliphatic carboxylic acids is 1. The molecule has 0 radical (unpaired) electrons. The molecule has 1 saturated heterocycles. The monoisotopic (exact) mass is 428 g/mol. The topological polar surface area (TPSA) is 86.7 Å². The fraction of sp³-hybridized carbons (Fsp3) is 0.609. The van der Waals surface area contributed by atoms with E-state index in [2.05, 4.69) is 5.32 Å². The second-order valence-corrected chi connectivity index (χ2v) is 10.2. The van der Waals surface area contributed by atoms with Gasteiger partial charge in [-0.15, -0.1) is 11.3 Å². The Bertz CT molecular complexity index is 915. The fourth-order valence-electron chi connectivity index (χ4n) is 5.85. The molecular formula is C23H28N2O4S. The molecule has 1 aromatic heterocycles. The van der Waals surface area contributed by atoms with Crippen LogP contribution in [0.2, 0.25) is 0 Å². The Labute approximate surface area is 180 Å². The summed E-state index contributed by atoms with van der Waals surface area (Å²) in [7, 11) is 0. The number of fused-ring (bicyclic) bond motifs is 3. The number of hydrogen-bond donors (Lipinski definition) is 2. The maximum Gasteiger partial charge on any atom is 0.307 e. The number of aryl methyl sites for hydroxylation is 1. The first-order chi connectivity index (χ1) is 14.5. The van der Waals surface area contributed by atoms with Crippen LogP contribution in [0, 0.1) is 23.7 Å². The Kier molecular flexibility index (Phi) is 5.17. The van der Waals surface area contributed by atoms with Gasteiger partial charge in [0.1, 0.15) is 5.00 Å². The number of carboxylic acid groups (broad SMARTS) is 1. The molecule has 4 aliphatic rings. The summed E-state index contributed by atoms with van der Waals surface area (Å²) in [4.78, 5) is 41.7. The van der Waals surface area contributed by atoms with Crippen molar-refractivity contribution in [3.63, 3.8) is 0 Å². The van der Waals surface area contributed by atoms with Gasteiger partial charge in [-0.1, -0.05) is 12.2 Å². The van der Waals surface area contributed by atoms with Gasteiger partial charge in [-0.3, -0.25) is 14.4 Å². The van der Waals surface area contributed by atoms with E-state index in [4.69, 9.17) is 0 Å². The number of anilines is 1. The number of hydrogen-bond acceptors (Lipinski definition) is 4. The third kappa shape index (κ3) is 3.27. The molecule has 7 heteroatoms. The molecule has 1 saturated carbocycles. The summed E-state index contributed by atoms with van der Waals surface area (Å²) in [5.74, 6) is -2.42. The van der Waals surface area contributed by atoms with Crippen LogP contribution in [-0.2, 0) is 22.4 Å². The second kappa shape index (κ2) is 7.84. The Balaban J connectivity index is 1.45. The first-order valence-electron chi connectivity index (χ1n) is 11.2. The molecule has 6 nitrogen and oxygen atoms in total. The smallest absolute Gasteiger partial charge is 0.307 e. The number of carbonyl (C=O) groups is 3. The summed E-state index contributed by atoms with van der Waals surface area (Å²) in [6.45, 7) is 1.55. The second-order valence-electron chi connectivity index (χ2n) is 9.10. The predicted molar refractivity (Wildman–Crippen MR) is 115 cm³/mol. The molecule has 2 amide bonds. The number of rotatable bonds is 4. The number of nitrogens with zero attached hydrogens (tertiary/aromatic N) is 1. The zero-order chi connectivity index (χ0) is 20.8. The summed E-state index contributed by atoms with van der Waals surface area (Å²) in [5.41, 5.74) is 1.79. The van der Waals surface area contributed by atoms with Crippen LogP contribution in [0.15, 0.2) is 12.2 Å². The van der Waals surface area contributed by atoms with Crippen LogP contribution in [0.25, 0.3) is 0 Å². The Hall–Kier alpha value is -2.15. The van der Waals surface area contributed by atoms with Gasteiger partial charge in [0, 0.05) is 18.0 Å². The normalized spacial score (nSPS) is 29.7. The van der Waals surface area contributed by atoms with Gasteiger partial charge in [0.05, 0.1) is 17.4 Å². The van der Waals surface area contributed by atoms with E-state index in [9.17, 15) is 19.5 Å². The summed E-state index contributed by atoms with van der Waals surface area (Å²) >= 11 is 1.53. The van der Waals surface area contributed by atoms with Crippen molar-refractivity contribution >= 4 is 34.1 Å². The maximum absolute atomic E-state index is 13.4. The minimum Gasteiger partial charge on any atom is -0.481 e. The van der Waals surface area contributed by atoms with Gasteiger partial charge in [-0.25, -0.2) is 0 Å². The summed E-state index contributed by atoms with van der Waals surface area (Å²) in [6, 6.07) is 0. The van der Waals surface area contributed by atoms with Gasteiger partial charge in [0.25, 0.3) is 5.91 Å². The lowest BCUT2D eigenvalue weighted by atomic mass is 9.82. The predicted octanol–water partition coefficient (Wildman–Crippen LogP) is 3.71. The number of carbonyl (C=O) groups excluding carboxylic acids is 2. The zero-order valence-electron chi connectivity index (χ0n) is 17.1. The number of amides is 2. The zero-order valence-corrected chi connectivity index (χ0v) is 17.9. The van der Waals surface area contributed by atoms with Crippen molar-refractivity contribution < 1.29 is 19.5 Å². The first kappa shape index (κ1) is 19.8. The highest BCUT2D eigenvalue weighted by atomic mass is 32.1. The average Bonchev–Trinajstić information content (AvgIpc) is 3.46. The van der Waals surface area contributed by atoms with Crippen LogP contribution in [0.3, 0.4) is 0 Å². The largest absolute Gasteiger partial charge is 0.481 e. The molecule has 4 atom stereocenters. The van der Waals surface area contributed by atoms with Crippen molar-refractivity contribution in [2.24, 2.45) is 23.7 Å². The molecule has 2 fully saturated rings. The van der Waals surface area contributed by atoms with Gasteiger partial charge in [-0.2, -0.15) is 0 Å². The molecule has 2 N–H and O–H groups in total. The lowest BCUT2D eigenvalue weighted by Crippen LogP contribution is -2.38. The van der Waals surface area contributed by atoms with Gasteiger partial charge < -0.3 is 15.3 Å². The van der Waals surface area contributed by atoms with E-state index >= 15 is 0 Å². The Morgan fingerprint density at radius 1 is 0.967 bits per heavy atom. The number of likely N-dealkylation sites (tertiary alicyclic amines) is 1. The molecule has 160 valence electrons. The van der Waals surface area contributed by atoms with E-state index in [1.165, 1.54) is 16.2 Å². The van der Waals surface area contributed by atoms with Gasteiger partial charge in [0.15, 0.2) is 0 Å². The van der Waals surface area contributed by atoms with Crippen molar-refractivity contribution in [3.05, 3.63) is 28.2 Å². The van der Waals surface area contributed by atoms with Crippen molar-refractivity contribution in [3.8, 4) is 0 Å². The van der Waals surface area contributed by atoms with Crippen LogP contribution in [0.4, 0.5) is 5.00 Å². The van der Waals surface area contributed by atoms with Crippen LogP contribution in [0.1, 0.15) is 59.3 Å². The first-order valence-corrected chi connectivity index (χ1v) is 12.0. The molecule has 3 aliphatic carbocycles. The summed E-state index contributed by atoms with van der Waals surface area (Å²) < 4.78 is 0. The van der Waals surface area contributed by atoms with Crippen LogP contribution < -0.4 is 5.32 Å². The quantitative estimate of drug-likeness (QED) is 0.716. The molecule has 2 heterocycles. The van der Waals surface area contributed by atoms with Gasteiger partial charge in [0.2, 0.25) is 5.91 Å². The molecule has 0 spiro atoms. The maximum atomic E-state index is 13.4. The third-order valence-corrected chi connectivity index (χ3v) is 8.52. The van der Waals surface area contributed by atoms with E-state index < -0.39 is 17.8 Å². The lowest BCUT2D eigenvalue weighted by Gasteiger charge is -2.28. The molecule has 1 aliphatic heterocycles. The van der Waals surface area contributed by atoms with Crippen molar-refractivity contribution in [2.45, 2.75) is 51.4 Å². The highest BCUT2D eigenvalue weighted by Gasteiger charge is 2.51. The lowest BCUT2D eigenvalue weighted by molar-refractivity contribution is -0.146. The molecule has 30 heavy (non-hydrogen) atoms. The number of nitrogens with one attached hydrogen (secondary N) is 1. The minimum absolute atomic E-state index is 0.0214. The van der Waals surface area contributed by atoms with E-state index in [1.54, 1.807) is 0 Å². The van der Waals surface area contributed by atoms with Gasteiger partial charge in [-0.05, 0) is 68.8 Å². The number of piperidine rings is 1. The third-order valence-electron chi connectivity index (χ3n) is 7.31. The molecule has 1 aromatic rings. The highest BCUT2D eigenvalue weighted by Crippen LogP contribution is 2.49. The molecule has 5 rings (SSSR count). The SMILES string of the molecule is O=C(O)[C@@H]1[C@@H](C(=O)Nc2sc3c(c2C(=O)N2CCCCC2)CCCC3)[C@H]2C=C[C@H]1C2. The van der Waals surface area contributed by atoms with E-state index in [-0.39, 0.29) is 23.7 Å². The number of thiophene rings is 1. The van der Waals surface area contributed by atoms with E-state index in [0.29, 0.717) is 10.6 Å². The summed E-state index contributed by atoms with van der Waals surface area (Å²) in [6.07, 6.45) is 11.9. The van der Waals surface area contributed by atoms with Crippen LogP contribution >= 0.6 is 11.3 Å². The highest BCUT2D eigenvalue weighted by molar-refractivity contribution is 7.17. The van der Waals surface area contributed by atoms with E-state index in [1.807, 2.05) is 17.1 Å². The van der Waals surface area contributed by atoms with Crippen molar-refractivity contribution in [1.82, 2.24) is 4.90 Å². The summed E-state index contributed by atoms with van der Waals surface area (Å²) in [5, 5.41) is 13.4. The molecular weight excluding hydrogens is 400 g/mol. The van der Waals surface area contributed by atoms with Gasteiger partial charge >= 0.3 is 5.97 Å². The number of carboxylic acids is 1. The van der Waals surface area contributed by atoms with Crippen molar-refractivity contribution in [2.75, 3.05) is 18.4 Å². The molecule has 0 aromatic carbocycles. The Morgan fingerprint density at radius 3 is 2.40 bits per heavy atom. The fourth-order valence-corrected chi connectivity index (χ4v) is 7.13.